The van der Waals surface area contributed by atoms with E-state index in [9.17, 15) is 24.6 Å². The molecule has 8 nitrogen and oxygen atoms in total. The summed E-state index contributed by atoms with van der Waals surface area (Å²) in [5, 5.41) is 22.8. The van der Waals surface area contributed by atoms with Gasteiger partial charge in [0.2, 0.25) is 11.8 Å². The molecule has 9 heteroatoms. The Morgan fingerprint density at radius 1 is 1.38 bits per heavy atom. The zero-order chi connectivity index (χ0) is 19.3. The van der Waals surface area contributed by atoms with Gasteiger partial charge in [-0.15, -0.1) is 11.8 Å². The molecule has 2 saturated heterocycles. The molecule has 144 valence electrons. The van der Waals surface area contributed by atoms with E-state index in [-0.39, 0.29) is 40.8 Å². The zero-order valence-electron chi connectivity index (χ0n) is 15.3. The molecular weight excluding hydrogens is 358 g/mol. The van der Waals surface area contributed by atoms with Gasteiger partial charge < -0.3 is 25.3 Å². The van der Waals surface area contributed by atoms with Crippen LogP contribution < -0.4 is 5.32 Å². The molecule has 2 amide bonds. The molecule has 3 aliphatic heterocycles. The Morgan fingerprint density at radius 3 is 2.58 bits per heavy atom. The molecule has 0 spiro atoms. The van der Waals surface area contributed by atoms with E-state index < -0.39 is 18.0 Å². The Labute approximate surface area is 156 Å². The van der Waals surface area contributed by atoms with Gasteiger partial charge in [-0.2, -0.15) is 0 Å². The largest absolute Gasteiger partial charge is 0.477 e. The van der Waals surface area contributed by atoms with Crippen molar-refractivity contribution in [2.75, 3.05) is 20.6 Å². The third-order valence-corrected chi connectivity index (χ3v) is 6.95. The molecule has 0 radical (unpaired) electrons. The molecule has 0 unspecified atom stereocenters. The number of nitrogens with zero attached hydrogens (tertiary/aromatic N) is 2. The zero-order valence-corrected chi connectivity index (χ0v) is 16.1. The van der Waals surface area contributed by atoms with E-state index in [1.54, 1.807) is 25.9 Å². The molecule has 2 fully saturated rings. The van der Waals surface area contributed by atoms with E-state index in [4.69, 9.17) is 0 Å². The summed E-state index contributed by atoms with van der Waals surface area (Å²) in [4.78, 5) is 39.8. The maximum atomic E-state index is 12.3. The molecule has 3 N–H and O–H groups in total. The number of carbonyl (C=O) groups excluding carboxylic acids is 2. The number of hydrogen-bond donors (Lipinski definition) is 3. The van der Waals surface area contributed by atoms with E-state index in [2.05, 4.69) is 5.32 Å². The van der Waals surface area contributed by atoms with Crippen LogP contribution in [0.1, 0.15) is 20.3 Å². The third kappa shape index (κ3) is 2.91. The molecule has 0 bridgehead atoms. The van der Waals surface area contributed by atoms with E-state index in [0.717, 1.165) is 0 Å². The molecule has 0 aliphatic carbocycles. The van der Waals surface area contributed by atoms with E-state index in [1.807, 2.05) is 6.92 Å². The highest BCUT2D eigenvalue weighted by atomic mass is 32.2. The van der Waals surface area contributed by atoms with Crippen LogP contribution in [0.3, 0.4) is 0 Å². The van der Waals surface area contributed by atoms with Gasteiger partial charge in [0.15, 0.2) is 0 Å². The van der Waals surface area contributed by atoms with Crippen LogP contribution in [0.25, 0.3) is 0 Å². The van der Waals surface area contributed by atoms with Crippen molar-refractivity contribution in [3.8, 4) is 0 Å². The van der Waals surface area contributed by atoms with Crippen LogP contribution in [0.2, 0.25) is 0 Å². The molecule has 3 rings (SSSR count). The number of thioether (sulfide) groups is 1. The fraction of sp³-hybridized carbons (Fsp3) is 0.706. The van der Waals surface area contributed by atoms with Gasteiger partial charge in [-0.3, -0.25) is 9.59 Å². The van der Waals surface area contributed by atoms with Gasteiger partial charge in [-0.1, -0.05) is 6.92 Å². The van der Waals surface area contributed by atoms with Crippen LogP contribution in [0.4, 0.5) is 0 Å². The standard InChI is InChI=1S/C17H25N3O5S/c1-7-12-11(8(2)21)16(23)20(12)13(17(24)25)14(7)26-9-5-10(18-6-9)15(22)19(3)4/h7-12,18,21H,5-6H2,1-4H3,(H,24,25)/t7-,8-,9-,10-,11+,12-/m1/s1. The normalized spacial score (nSPS) is 34.6. The lowest BCUT2D eigenvalue weighted by atomic mass is 9.79. The summed E-state index contributed by atoms with van der Waals surface area (Å²) in [6, 6.07) is -0.568. The number of aliphatic carboxylic acids is 1. The van der Waals surface area contributed by atoms with Crippen molar-refractivity contribution in [3.63, 3.8) is 0 Å². The smallest absolute Gasteiger partial charge is 0.353 e. The van der Waals surface area contributed by atoms with Gasteiger partial charge in [-0.25, -0.2) is 4.79 Å². The van der Waals surface area contributed by atoms with Crippen LogP contribution in [0.15, 0.2) is 10.6 Å². The first-order valence-corrected chi connectivity index (χ1v) is 9.62. The first-order chi connectivity index (χ1) is 12.1. The van der Waals surface area contributed by atoms with Crippen molar-refractivity contribution in [2.45, 2.75) is 43.7 Å². The summed E-state index contributed by atoms with van der Waals surface area (Å²) in [7, 11) is 3.42. The minimum absolute atomic E-state index is 0.00757. The number of aliphatic hydroxyl groups excluding tert-OH is 1. The Bertz CT molecular complexity index is 677. The van der Waals surface area contributed by atoms with Crippen molar-refractivity contribution >= 4 is 29.5 Å². The van der Waals surface area contributed by atoms with Gasteiger partial charge in [0.1, 0.15) is 5.70 Å². The predicted octanol–water partition coefficient (Wildman–Crippen LogP) is -0.308. The number of aliphatic hydroxyl groups is 1. The minimum atomic E-state index is -1.12. The van der Waals surface area contributed by atoms with Crippen molar-refractivity contribution in [3.05, 3.63) is 10.6 Å². The lowest BCUT2D eigenvalue weighted by Crippen LogP contribution is -2.63. The fourth-order valence-corrected chi connectivity index (χ4v) is 5.63. The predicted molar refractivity (Wildman–Crippen MR) is 96.1 cm³/mol. The third-order valence-electron chi connectivity index (χ3n) is 5.43. The number of likely N-dealkylation sites (N-methyl/N-ethyl adjacent to an activating group) is 1. The molecular formula is C17H25N3O5S. The van der Waals surface area contributed by atoms with Gasteiger partial charge in [0.05, 0.1) is 24.1 Å². The molecule has 3 heterocycles. The number of rotatable bonds is 5. The number of carbonyl (C=O) groups is 3. The maximum absolute atomic E-state index is 12.3. The Morgan fingerprint density at radius 2 is 2.04 bits per heavy atom. The van der Waals surface area contributed by atoms with Crippen LogP contribution in [-0.4, -0.2) is 81.9 Å². The maximum Gasteiger partial charge on any atom is 0.353 e. The van der Waals surface area contributed by atoms with Crippen LogP contribution in [-0.2, 0) is 14.4 Å². The molecule has 0 aromatic rings. The number of β-lactam (4-membered cyclic amide) rings is 1. The van der Waals surface area contributed by atoms with Gasteiger partial charge in [0.25, 0.3) is 0 Å². The number of nitrogens with one attached hydrogen (secondary N) is 1. The number of fused-ring (bicyclic) bond motifs is 1. The number of amides is 2. The Kier molecular flexibility index (Phi) is 5.06. The number of carboxylic acids is 1. The second kappa shape index (κ2) is 6.86. The van der Waals surface area contributed by atoms with E-state index in [1.165, 1.54) is 16.7 Å². The van der Waals surface area contributed by atoms with Gasteiger partial charge in [0, 0.05) is 36.7 Å². The van der Waals surface area contributed by atoms with E-state index in [0.29, 0.717) is 17.9 Å². The van der Waals surface area contributed by atoms with Gasteiger partial charge >= 0.3 is 5.97 Å². The Hall–Kier alpha value is -1.58. The van der Waals surface area contributed by atoms with Crippen LogP contribution >= 0.6 is 11.8 Å². The van der Waals surface area contributed by atoms with Crippen LogP contribution in [0.5, 0.6) is 0 Å². The highest BCUT2D eigenvalue weighted by Crippen LogP contribution is 2.51. The van der Waals surface area contributed by atoms with Gasteiger partial charge in [-0.05, 0) is 13.3 Å². The fourth-order valence-electron chi connectivity index (χ4n) is 4.15. The van der Waals surface area contributed by atoms with Crippen molar-refractivity contribution in [2.24, 2.45) is 11.8 Å². The summed E-state index contributed by atoms with van der Waals surface area (Å²) >= 11 is 1.45. The highest BCUT2D eigenvalue weighted by Gasteiger charge is 2.60. The van der Waals surface area contributed by atoms with Crippen molar-refractivity contribution in [1.82, 2.24) is 15.1 Å². The molecule has 0 aromatic heterocycles. The summed E-state index contributed by atoms with van der Waals surface area (Å²) < 4.78 is 0. The summed E-state index contributed by atoms with van der Waals surface area (Å²) in [6.07, 6.45) is -0.190. The second-order valence-electron chi connectivity index (χ2n) is 7.44. The SMILES string of the molecule is C[C@@H](O)[C@@H]1C(=O)N2C(C(=O)O)=C(S[C@H]3CN[C@@H](C(=O)N(C)C)C3)[C@H](C)[C@H]12. The summed E-state index contributed by atoms with van der Waals surface area (Å²) in [6.45, 7) is 4.08. The average molecular weight is 383 g/mol. The lowest BCUT2D eigenvalue weighted by molar-refractivity contribution is -0.163. The number of carboxylic acid groups (broad SMARTS) is 1. The summed E-state index contributed by atoms with van der Waals surface area (Å²) in [5.74, 6) is -2.14. The lowest BCUT2D eigenvalue weighted by Gasteiger charge is -2.46. The number of hydrogen-bond acceptors (Lipinski definition) is 6. The second-order valence-corrected chi connectivity index (χ2v) is 8.78. The highest BCUT2D eigenvalue weighted by molar-refractivity contribution is 8.03. The topological polar surface area (TPSA) is 110 Å². The monoisotopic (exact) mass is 383 g/mol. The first-order valence-electron chi connectivity index (χ1n) is 8.75. The average Bonchev–Trinajstić information content (AvgIpc) is 3.09. The minimum Gasteiger partial charge on any atom is -0.477 e. The summed E-state index contributed by atoms with van der Waals surface area (Å²) in [5.41, 5.74) is 0.0387. The molecule has 6 atom stereocenters. The Balaban J connectivity index is 1.78. The molecule has 26 heavy (non-hydrogen) atoms. The first kappa shape index (κ1) is 19.2. The van der Waals surface area contributed by atoms with E-state index >= 15 is 0 Å². The quantitative estimate of drug-likeness (QED) is 0.559. The molecule has 3 aliphatic rings. The molecule has 0 saturated carbocycles. The van der Waals surface area contributed by atoms with Crippen molar-refractivity contribution in [1.29, 1.82) is 0 Å². The van der Waals surface area contributed by atoms with Crippen molar-refractivity contribution < 1.29 is 24.6 Å². The molecule has 0 aromatic carbocycles. The van der Waals surface area contributed by atoms with Crippen LogP contribution in [0, 0.1) is 11.8 Å².